The number of aliphatic imine (C=N–C) groups is 2. The third-order valence-corrected chi connectivity index (χ3v) is 8.95. The van der Waals surface area contributed by atoms with Crippen molar-refractivity contribution in [1.82, 2.24) is 20.0 Å². The average molecular weight is 481 g/mol. The number of fused-ring (bicyclic) bond motifs is 8. The Morgan fingerprint density at radius 3 is 1.58 bits per heavy atom. The maximum atomic E-state index is 13.0. The molecular weight excluding hydrogens is 452 g/mol. The molecule has 8 heteroatoms. The van der Waals surface area contributed by atoms with Crippen molar-refractivity contribution in [3.63, 3.8) is 0 Å². The molecule has 0 bridgehead atoms. The number of hydrogen-bond donors (Lipinski definition) is 0. The molecule has 4 fully saturated rings. The van der Waals surface area contributed by atoms with Gasteiger partial charge in [0.25, 0.3) is 0 Å². The van der Waals surface area contributed by atoms with E-state index < -0.39 is 0 Å². The van der Waals surface area contributed by atoms with Gasteiger partial charge in [0.05, 0.1) is 36.5 Å². The van der Waals surface area contributed by atoms with Gasteiger partial charge in [0.2, 0.25) is 11.8 Å². The van der Waals surface area contributed by atoms with Crippen LogP contribution in [-0.2, 0) is 22.4 Å². The number of hydrazine groups is 2. The van der Waals surface area contributed by atoms with Gasteiger partial charge in [0, 0.05) is 24.7 Å². The van der Waals surface area contributed by atoms with Crippen LogP contribution >= 0.6 is 0 Å². The minimum atomic E-state index is 0.177. The number of para-hydroxylation sites is 2. The maximum Gasteiger partial charge on any atom is 0.241 e. The zero-order valence-electron chi connectivity index (χ0n) is 20.1. The van der Waals surface area contributed by atoms with Crippen molar-refractivity contribution in [3.05, 3.63) is 59.7 Å². The fourth-order valence-electron chi connectivity index (χ4n) is 7.38. The Labute approximate surface area is 209 Å². The molecule has 6 aliphatic rings. The number of nitrogens with zero attached hydrogens (tertiary/aromatic N) is 6. The van der Waals surface area contributed by atoms with Crippen LogP contribution < -0.4 is 0 Å². The lowest BCUT2D eigenvalue weighted by atomic mass is 9.88. The van der Waals surface area contributed by atoms with E-state index in [1.165, 1.54) is 11.1 Å². The van der Waals surface area contributed by atoms with Gasteiger partial charge in [-0.2, -0.15) is 0 Å². The van der Waals surface area contributed by atoms with E-state index >= 15 is 0 Å². The lowest BCUT2D eigenvalue weighted by Crippen LogP contribution is -2.50. The highest BCUT2D eigenvalue weighted by molar-refractivity contribution is 5.97. The molecule has 6 heterocycles. The van der Waals surface area contributed by atoms with Crippen LogP contribution in [0.15, 0.2) is 58.5 Å². The highest BCUT2D eigenvalue weighted by Crippen LogP contribution is 2.44. The van der Waals surface area contributed by atoms with Crippen molar-refractivity contribution >= 4 is 34.9 Å². The lowest BCUT2D eigenvalue weighted by Gasteiger charge is -2.34. The summed E-state index contributed by atoms with van der Waals surface area (Å²) in [6.45, 7) is 1.20. The van der Waals surface area contributed by atoms with E-state index in [0.29, 0.717) is 25.9 Å². The molecule has 0 N–H and O–H groups in total. The van der Waals surface area contributed by atoms with Gasteiger partial charge in [0.1, 0.15) is 11.7 Å². The quantitative estimate of drug-likeness (QED) is 0.676. The Kier molecular flexibility index (Phi) is 4.22. The molecule has 36 heavy (non-hydrogen) atoms. The Balaban J connectivity index is 1.14. The van der Waals surface area contributed by atoms with E-state index in [4.69, 9.17) is 9.98 Å². The van der Waals surface area contributed by atoms with Crippen LogP contribution in [0, 0.1) is 11.8 Å². The molecule has 8 nitrogen and oxygen atoms in total. The normalized spacial score (nSPS) is 29.4. The summed E-state index contributed by atoms with van der Waals surface area (Å²) in [4.78, 5) is 36.1. The Bertz CT molecular complexity index is 1260. The summed E-state index contributed by atoms with van der Waals surface area (Å²) in [5.74, 6) is 2.83. The Morgan fingerprint density at radius 2 is 1.11 bits per heavy atom. The van der Waals surface area contributed by atoms with Crippen molar-refractivity contribution in [2.75, 3.05) is 13.1 Å². The van der Waals surface area contributed by atoms with Crippen molar-refractivity contribution in [2.45, 2.75) is 50.6 Å². The predicted octanol–water partition coefficient (Wildman–Crippen LogP) is 3.23. The summed E-state index contributed by atoms with van der Waals surface area (Å²) in [5, 5.41) is 8.20. The second-order valence-corrected chi connectivity index (χ2v) is 10.8. The fraction of sp³-hybridized carbons (Fsp3) is 0.429. The standard InChI is InChI=1S/C28H28N6O2/c35-25-11-9-23-19-15-17-5-1-3-7-21(17)29-27(19)31(33(23)25)13-14-32-28-20(24-10-12-26(36)34(24)32)16-18-6-2-4-8-22(18)30-28/h1-8,19-20,23-24H,9-16H2. The first-order valence-corrected chi connectivity index (χ1v) is 13.2. The zero-order valence-corrected chi connectivity index (χ0v) is 20.1. The largest absolute Gasteiger partial charge is 0.273 e. The molecule has 2 aromatic carbocycles. The molecule has 6 aliphatic heterocycles. The van der Waals surface area contributed by atoms with E-state index in [9.17, 15) is 9.59 Å². The molecule has 4 atom stereocenters. The van der Waals surface area contributed by atoms with Crippen LogP contribution in [0.2, 0.25) is 0 Å². The number of benzene rings is 2. The van der Waals surface area contributed by atoms with Crippen LogP contribution in [-0.4, -0.2) is 68.7 Å². The summed E-state index contributed by atoms with van der Waals surface area (Å²) in [7, 11) is 0. The monoisotopic (exact) mass is 480 g/mol. The molecule has 4 unspecified atom stereocenters. The van der Waals surface area contributed by atoms with E-state index in [1.54, 1.807) is 0 Å². The van der Waals surface area contributed by atoms with Gasteiger partial charge in [-0.1, -0.05) is 36.4 Å². The van der Waals surface area contributed by atoms with Crippen LogP contribution in [0.4, 0.5) is 11.4 Å². The highest BCUT2D eigenvalue weighted by atomic mass is 16.2. The smallest absolute Gasteiger partial charge is 0.241 e. The van der Waals surface area contributed by atoms with E-state index in [0.717, 1.165) is 48.7 Å². The van der Waals surface area contributed by atoms with Crippen LogP contribution in [0.1, 0.15) is 36.8 Å². The second kappa shape index (κ2) is 7.41. The number of amides is 2. The number of carbonyl (C=O) groups is 2. The molecule has 182 valence electrons. The molecule has 0 radical (unpaired) electrons. The predicted molar refractivity (Wildman–Crippen MR) is 135 cm³/mol. The molecule has 0 aromatic heterocycles. The molecule has 2 amide bonds. The van der Waals surface area contributed by atoms with Crippen molar-refractivity contribution in [3.8, 4) is 0 Å². The average Bonchev–Trinajstić information content (AvgIpc) is 3.62. The second-order valence-electron chi connectivity index (χ2n) is 10.8. The van der Waals surface area contributed by atoms with Crippen molar-refractivity contribution < 1.29 is 9.59 Å². The molecular formula is C28H28N6O2. The van der Waals surface area contributed by atoms with Gasteiger partial charge in [-0.3, -0.25) is 19.6 Å². The summed E-state index contributed by atoms with van der Waals surface area (Å²) in [6, 6.07) is 17.0. The van der Waals surface area contributed by atoms with Crippen LogP contribution in [0.25, 0.3) is 0 Å². The van der Waals surface area contributed by atoms with E-state index in [-0.39, 0.29) is 35.7 Å². The van der Waals surface area contributed by atoms with Crippen LogP contribution in [0.5, 0.6) is 0 Å². The number of rotatable bonds is 3. The molecule has 2 aromatic rings. The molecule has 0 saturated carbocycles. The minimum Gasteiger partial charge on any atom is -0.273 e. The topological polar surface area (TPSA) is 71.8 Å². The van der Waals surface area contributed by atoms with Crippen LogP contribution in [0.3, 0.4) is 0 Å². The third-order valence-electron chi connectivity index (χ3n) is 8.95. The van der Waals surface area contributed by atoms with E-state index in [1.807, 2.05) is 22.2 Å². The van der Waals surface area contributed by atoms with Gasteiger partial charge >= 0.3 is 0 Å². The first-order valence-electron chi connectivity index (χ1n) is 13.2. The first kappa shape index (κ1) is 20.5. The Hall–Kier alpha value is -3.68. The SMILES string of the molecule is O=C1CCC2C3Cc4ccccc4N=C3N(CCN3C4=Nc5ccccc5CC4C4CCC(=O)N43)N12. The summed E-state index contributed by atoms with van der Waals surface area (Å²) in [6.07, 6.45) is 4.78. The molecule has 0 aliphatic carbocycles. The summed E-state index contributed by atoms with van der Waals surface area (Å²) in [5.41, 5.74) is 4.53. The van der Waals surface area contributed by atoms with Gasteiger partial charge < -0.3 is 0 Å². The van der Waals surface area contributed by atoms with Gasteiger partial charge in [-0.25, -0.2) is 20.0 Å². The Morgan fingerprint density at radius 1 is 0.667 bits per heavy atom. The maximum absolute atomic E-state index is 13.0. The fourth-order valence-corrected chi connectivity index (χ4v) is 7.38. The molecule has 0 spiro atoms. The summed E-state index contributed by atoms with van der Waals surface area (Å²) < 4.78 is 0. The van der Waals surface area contributed by atoms with Crippen molar-refractivity contribution in [2.24, 2.45) is 21.8 Å². The number of carbonyl (C=O) groups excluding carboxylic acids is 2. The number of amidine groups is 2. The van der Waals surface area contributed by atoms with Crippen molar-refractivity contribution in [1.29, 1.82) is 0 Å². The first-order chi connectivity index (χ1) is 17.7. The molecule has 8 rings (SSSR count). The van der Waals surface area contributed by atoms with Gasteiger partial charge in [0.15, 0.2) is 0 Å². The van der Waals surface area contributed by atoms with Gasteiger partial charge in [-0.05, 0) is 48.9 Å². The van der Waals surface area contributed by atoms with E-state index in [2.05, 4.69) is 46.4 Å². The number of hydrogen-bond acceptors (Lipinski definition) is 6. The molecule has 4 saturated heterocycles. The lowest BCUT2D eigenvalue weighted by molar-refractivity contribution is -0.142. The summed E-state index contributed by atoms with van der Waals surface area (Å²) >= 11 is 0. The minimum absolute atomic E-state index is 0.177. The van der Waals surface area contributed by atoms with Gasteiger partial charge in [-0.15, -0.1) is 0 Å². The third kappa shape index (κ3) is 2.75. The zero-order chi connectivity index (χ0) is 24.0. The highest BCUT2D eigenvalue weighted by Gasteiger charge is 2.54.